The van der Waals surface area contributed by atoms with Crippen molar-refractivity contribution in [2.24, 2.45) is 0 Å². The number of carbonyl (C=O) groups is 5. The Kier molecular flexibility index (Phi) is 11.1. The molecule has 2 aromatic carbocycles. The summed E-state index contributed by atoms with van der Waals surface area (Å²) >= 11 is 0. The van der Waals surface area contributed by atoms with Crippen molar-refractivity contribution in [2.75, 3.05) is 21.2 Å². The molecular weight excluding hydrogens is 598 g/mol. The molecule has 0 unspecified atom stereocenters. The summed E-state index contributed by atoms with van der Waals surface area (Å²) < 4.78 is 27.0. The van der Waals surface area contributed by atoms with E-state index >= 15 is 0 Å². The molecule has 0 aliphatic carbocycles. The largest absolute Gasteiger partial charge is 0.514 e. The molecule has 13 heteroatoms. The first-order valence-electron chi connectivity index (χ1n) is 14.7. The summed E-state index contributed by atoms with van der Waals surface area (Å²) in [7, 11) is 4.57. The molecule has 0 saturated carbocycles. The first-order valence-corrected chi connectivity index (χ1v) is 14.7. The Morgan fingerprint density at radius 2 is 1.30 bits per heavy atom. The van der Waals surface area contributed by atoms with Crippen molar-refractivity contribution >= 4 is 30.1 Å². The highest BCUT2D eigenvalue weighted by Gasteiger charge is 2.32. The Hall–Kier alpha value is -4.65. The summed E-state index contributed by atoms with van der Waals surface area (Å²) in [6.07, 6.45) is -1.99. The van der Waals surface area contributed by atoms with Crippen LogP contribution in [0.15, 0.2) is 36.4 Å². The van der Waals surface area contributed by atoms with Crippen LogP contribution in [0, 0.1) is 0 Å². The highest BCUT2D eigenvalue weighted by atomic mass is 16.7. The maximum Gasteiger partial charge on any atom is 0.514 e. The quantitative estimate of drug-likeness (QED) is 0.278. The molecule has 1 heterocycles. The number of esters is 1. The Morgan fingerprint density at radius 3 is 1.80 bits per heavy atom. The van der Waals surface area contributed by atoms with Crippen molar-refractivity contribution < 1.29 is 47.7 Å². The van der Waals surface area contributed by atoms with Crippen molar-refractivity contribution in [3.63, 3.8) is 0 Å². The average molecular weight is 642 g/mol. The van der Waals surface area contributed by atoms with Gasteiger partial charge in [0.05, 0.1) is 7.11 Å². The van der Waals surface area contributed by atoms with Gasteiger partial charge in [-0.1, -0.05) is 12.1 Å². The Balaban J connectivity index is 2.33. The first kappa shape index (κ1) is 35.8. The molecule has 4 bridgehead atoms. The monoisotopic (exact) mass is 641 g/mol. The van der Waals surface area contributed by atoms with E-state index in [1.54, 1.807) is 84.8 Å². The lowest BCUT2D eigenvalue weighted by Gasteiger charge is -2.28. The van der Waals surface area contributed by atoms with Crippen LogP contribution in [0.4, 0.5) is 9.59 Å². The van der Waals surface area contributed by atoms with Gasteiger partial charge in [-0.3, -0.25) is 14.5 Å². The van der Waals surface area contributed by atoms with Gasteiger partial charge in [0.15, 0.2) is 0 Å². The Bertz CT molecular complexity index is 1490. The molecule has 2 aromatic rings. The number of nitrogens with one attached hydrogen (secondary N) is 2. The lowest BCUT2D eigenvalue weighted by atomic mass is 9.94. The molecule has 1 aliphatic heterocycles. The number of amides is 2. The Morgan fingerprint density at radius 1 is 0.783 bits per heavy atom. The topological polar surface area (TPSA) is 159 Å². The molecule has 0 spiro atoms. The number of hydrogen-bond donors (Lipinski definition) is 2. The molecule has 0 saturated heterocycles. The molecule has 3 atom stereocenters. The molecule has 0 fully saturated rings. The van der Waals surface area contributed by atoms with Gasteiger partial charge >= 0.3 is 18.3 Å². The number of likely N-dealkylation sites (N-methyl/N-ethyl adjacent to an activating group) is 1. The molecule has 46 heavy (non-hydrogen) atoms. The smallest absolute Gasteiger partial charge is 0.467 e. The molecule has 2 amide bonds. The number of fused-ring (bicyclic) bond motifs is 5. The standard InChI is InChI=1S/C33H43N3O10/c1-18-27(37)35-23(29(39)42-10)16-19-11-13-24(43-30(40)45-32(2,3)4)21(15-19)22-17-20(26(36(8)9)28(38)34-18)12-14-25(22)44-31(41)46-33(5,6)7/h11-15,17-18,23,26H,16H2,1-10H3,(H,34,38)(H,35,37)/t18-,23-,26-/m0/s1. The molecular formula is C33H43N3O10. The van der Waals surface area contributed by atoms with E-state index < -0.39 is 59.4 Å². The zero-order chi connectivity index (χ0) is 34.6. The summed E-state index contributed by atoms with van der Waals surface area (Å²) in [6, 6.07) is 6.43. The predicted octanol–water partition coefficient (Wildman–Crippen LogP) is 4.30. The predicted molar refractivity (Wildman–Crippen MR) is 167 cm³/mol. The van der Waals surface area contributed by atoms with E-state index in [-0.39, 0.29) is 29.0 Å². The van der Waals surface area contributed by atoms with E-state index in [1.807, 2.05) is 0 Å². The number of methoxy groups -OCH3 is 1. The van der Waals surface area contributed by atoms with Crippen molar-refractivity contribution in [1.82, 2.24) is 15.5 Å². The SMILES string of the molecule is COC(=O)[C@@H]1Cc2ccc(OC(=O)OC(C)(C)C)c(c2)-c2cc(ccc2OC(=O)OC(C)(C)C)[C@H](N(C)C)C(=O)N[C@@H](C)C(=O)N1. The second kappa shape index (κ2) is 14.2. The third-order valence-corrected chi connectivity index (χ3v) is 6.58. The van der Waals surface area contributed by atoms with Crippen LogP contribution < -0.4 is 20.1 Å². The molecule has 13 nitrogen and oxygen atoms in total. The van der Waals surface area contributed by atoms with Gasteiger partial charge in [0, 0.05) is 17.5 Å². The van der Waals surface area contributed by atoms with E-state index in [9.17, 15) is 24.0 Å². The minimum atomic E-state index is -1.13. The van der Waals surface area contributed by atoms with Gasteiger partial charge in [-0.15, -0.1) is 0 Å². The van der Waals surface area contributed by atoms with Gasteiger partial charge in [-0.25, -0.2) is 14.4 Å². The molecule has 0 radical (unpaired) electrons. The fourth-order valence-corrected chi connectivity index (χ4v) is 4.65. The lowest BCUT2D eigenvalue weighted by Crippen LogP contribution is -2.52. The number of ether oxygens (including phenoxy) is 5. The number of nitrogens with zero attached hydrogens (tertiary/aromatic N) is 1. The van der Waals surface area contributed by atoms with Gasteiger partial charge in [-0.2, -0.15) is 0 Å². The zero-order valence-corrected chi connectivity index (χ0v) is 27.9. The van der Waals surface area contributed by atoms with E-state index in [0.29, 0.717) is 11.1 Å². The zero-order valence-electron chi connectivity index (χ0n) is 27.9. The van der Waals surface area contributed by atoms with Crippen LogP contribution in [0.2, 0.25) is 0 Å². The summed E-state index contributed by atoms with van der Waals surface area (Å²) in [5.41, 5.74) is -0.165. The van der Waals surface area contributed by atoms with Crippen LogP contribution in [0.1, 0.15) is 65.6 Å². The third-order valence-electron chi connectivity index (χ3n) is 6.58. The van der Waals surface area contributed by atoms with Crippen LogP contribution in [0.3, 0.4) is 0 Å². The first-order chi connectivity index (χ1) is 21.3. The maximum atomic E-state index is 13.6. The lowest BCUT2D eigenvalue weighted by molar-refractivity contribution is -0.145. The van der Waals surface area contributed by atoms with Crippen LogP contribution in [-0.2, 0) is 35.0 Å². The normalized spacial score (nSPS) is 18.8. The molecule has 250 valence electrons. The van der Waals surface area contributed by atoms with E-state index in [0.717, 1.165) is 0 Å². The van der Waals surface area contributed by atoms with Crippen molar-refractivity contribution in [1.29, 1.82) is 0 Å². The summed E-state index contributed by atoms with van der Waals surface area (Å²) in [5.74, 6) is -1.73. The maximum absolute atomic E-state index is 13.6. The highest BCUT2D eigenvalue weighted by Crippen LogP contribution is 2.40. The molecule has 1 aliphatic rings. The second-order valence-corrected chi connectivity index (χ2v) is 13.1. The van der Waals surface area contributed by atoms with E-state index in [2.05, 4.69) is 10.6 Å². The number of rotatable bonds is 4. The fourth-order valence-electron chi connectivity index (χ4n) is 4.65. The van der Waals surface area contributed by atoms with Crippen LogP contribution >= 0.6 is 0 Å². The van der Waals surface area contributed by atoms with Gasteiger partial charge in [-0.05, 0) is 98.0 Å². The van der Waals surface area contributed by atoms with E-state index in [4.69, 9.17) is 23.7 Å². The van der Waals surface area contributed by atoms with Crippen LogP contribution in [-0.4, -0.2) is 79.5 Å². The number of carbonyl (C=O) groups excluding carboxylic acids is 5. The van der Waals surface area contributed by atoms with Crippen molar-refractivity contribution in [3.8, 4) is 22.6 Å². The number of benzene rings is 2. The van der Waals surface area contributed by atoms with Gasteiger partial charge in [0.2, 0.25) is 11.8 Å². The number of hydrogen-bond acceptors (Lipinski definition) is 11. The highest BCUT2D eigenvalue weighted by molar-refractivity contribution is 5.93. The van der Waals surface area contributed by atoms with E-state index in [1.165, 1.54) is 26.2 Å². The second-order valence-electron chi connectivity index (χ2n) is 13.1. The van der Waals surface area contributed by atoms with Gasteiger partial charge in [0.1, 0.15) is 40.8 Å². The van der Waals surface area contributed by atoms with Gasteiger partial charge in [0.25, 0.3) is 0 Å². The minimum absolute atomic E-state index is 0.0267. The molecule has 2 N–H and O–H groups in total. The molecule has 0 aromatic heterocycles. The minimum Gasteiger partial charge on any atom is -0.467 e. The van der Waals surface area contributed by atoms with Crippen molar-refractivity contribution in [3.05, 3.63) is 47.5 Å². The third kappa shape index (κ3) is 9.67. The fraction of sp³-hybridized carbons (Fsp3) is 0.485. The summed E-state index contributed by atoms with van der Waals surface area (Å²) in [6.45, 7) is 11.6. The van der Waals surface area contributed by atoms with Gasteiger partial charge < -0.3 is 34.3 Å². The van der Waals surface area contributed by atoms with Crippen molar-refractivity contribution in [2.45, 2.75) is 84.2 Å². The summed E-state index contributed by atoms with van der Waals surface area (Å²) in [4.78, 5) is 66.7. The summed E-state index contributed by atoms with van der Waals surface area (Å²) in [5, 5.41) is 5.36. The average Bonchev–Trinajstić information content (AvgIpc) is 2.91. The Labute approximate surface area is 268 Å². The molecule has 3 rings (SSSR count). The van der Waals surface area contributed by atoms with Crippen LogP contribution in [0.5, 0.6) is 11.5 Å². The van der Waals surface area contributed by atoms with Crippen LogP contribution in [0.25, 0.3) is 11.1 Å².